The van der Waals surface area contributed by atoms with Gasteiger partial charge in [0.1, 0.15) is 7.85 Å². The van der Waals surface area contributed by atoms with Crippen LogP contribution in [0.3, 0.4) is 0 Å². The number of phosphoric acid groups is 2. The van der Waals surface area contributed by atoms with Crippen molar-refractivity contribution in [2.45, 2.75) is 51.3 Å². The van der Waals surface area contributed by atoms with Gasteiger partial charge in [0.15, 0.2) is 0 Å². The van der Waals surface area contributed by atoms with E-state index in [1.165, 1.54) is 0 Å². The van der Waals surface area contributed by atoms with Gasteiger partial charge in [-0.2, -0.15) is 0 Å². The highest BCUT2D eigenvalue weighted by Crippen LogP contribution is 2.44. The quantitative estimate of drug-likeness (QED) is 0.250. The second-order valence-corrected chi connectivity index (χ2v) is 8.86. The molecule has 1 fully saturated rings. The van der Waals surface area contributed by atoms with Crippen LogP contribution in [-0.2, 0) is 32.0 Å². The molecule has 0 aliphatic carbocycles. The molecule has 0 saturated carbocycles. The molecule has 1 aliphatic heterocycles. The Labute approximate surface area is 154 Å². The van der Waals surface area contributed by atoms with Gasteiger partial charge in [-0.3, -0.25) is 9.13 Å². The molecule has 5 unspecified atom stereocenters. The van der Waals surface area contributed by atoms with E-state index >= 15 is 0 Å². The normalized spacial score (nSPS) is 28.2. The van der Waals surface area contributed by atoms with Crippen molar-refractivity contribution >= 4 is 23.5 Å². The lowest BCUT2D eigenvalue weighted by molar-refractivity contribution is -0.231. The van der Waals surface area contributed by atoms with E-state index in [1.54, 1.807) is 0 Å². The average molecular weight is 414 g/mol. The molecule has 5 atom stereocenters. The van der Waals surface area contributed by atoms with Crippen molar-refractivity contribution in [3.05, 3.63) is 0 Å². The molecule has 0 bridgehead atoms. The van der Waals surface area contributed by atoms with E-state index in [0.29, 0.717) is 0 Å². The molecule has 1 N–H and O–H groups in total. The Hall–Kier alpha value is 0.205. The summed E-state index contributed by atoms with van der Waals surface area (Å²) < 4.78 is 47.3. The van der Waals surface area contributed by atoms with Gasteiger partial charge in [-0.25, -0.2) is 0 Å². The largest absolute Gasteiger partial charge is 0.756 e. The van der Waals surface area contributed by atoms with E-state index in [1.807, 2.05) is 13.8 Å². The first-order valence-corrected chi connectivity index (χ1v) is 11.2. The summed E-state index contributed by atoms with van der Waals surface area (Å²) in [4.78, 5) is 23.2. The van der Waals surface area contributed by atoms with Gasteiger partial charge < -0.3 is 37.7 Å². The zero-order valence-electron chi connectivity index (χ0n) is 14.9. The van der Waals surface area contributed by atoms with Gasteiger partial charge in [0.05, 0.1) is 32.0 Å². The Morgan fingerprint density at radius 1 is 1.12 bits per heavy atom. The summed E-state index contributed by atoms with van der Waals surface area (Å²) in [6.45, 7) is 2.68. The number of ether oxygens (including phenoxy) is 1. The minimum absolute atomic E-state index is 0.0129. The molecule has 1 aliphatic rings. The lowest BCUT2D eigenvalue weighted by Crippen LogP contribution is -2.30. The van der Waals surface area contributed by atoms with Gasteiger partial charge in [0.25, 0.3) is 15.6 Å². The molecule has 13 heteroatoms. The van der Waals surface area contributed by atoms with Crippen LogP contribution in [0.1, 0.15) is 33.1 Å². The minimum Gasteiger partial charge on any atom is -0.756 e. The number of rotatable bonds is 13. The van der Waals surface area contributed by atoms with Crippen LogP contribution in [0.5, 0.6) is 0 Å². The van der Waals surface area contributed by atoms with E-state index in [4.69, 9.17) is 26.7 Å². The summed E-state index contributed by atoms with van der Waals surface area (Å²) >= 11 is 0. The number of hydrogen-bond donors (Lipinski definition) is 1. The molecule has 0 aromatic carbocycles. The van der Waals surface area contributed by atoms with Crippen LogP contribution in [0.15, 0.2) is 0 Å². The molecule has 0 aromatic heterocycles. The van der Waals surface area contributed by atoms with Crippen molar-refractivity contribution in [2.24, 2.45) is 5.92 Å². The summed E-state index contributed by atoms with van der Waals surface area (Å²) in [5.74, 6) is 0.0129. The van der Waals surface area contributed by atoms with Crippen LogP contribution in [0.4, 0.5) is 0 Å². The number of aliphatic hydroxyl groups is 1. The predicted molar refractivity (Wildman–Crippen MR) is 88.1 cm³/mol. The molecular weight excluding hydrogens is 389 g/mol. The molecule has 152 valence electrons. The third-order valence-corrected chi connectivity index (χ3v) is 5.45. The monoisotopic (exact) mass is 414 g/mol. The maximum absolute atomic E-state index is 11.9. The highest BCUT2D eigenvalue weighted by Gasteiger charge is 2.37. The van der Waals surface area contributed by atoms with Gasteiger partial charge >= 0.3 is 0 Å². The van der Waals surface area contributed by atoms with Gasteiger partial charge in [0, 0.05) is 12.6 Å². The molecule has 0 aromatic rings. The zero-order valence-corrected chi connectivity index (χ0v) is 16.6. The Morgan fingerprint density at radius 3 is 2.19 bits per heavy atom. The van der Waals surface area contributed by atoms with E-state index in [9.17, 15) is 18.9 Å². The molecule has 10 nitrogen and oxygen atoms in total. The second-order valence-electron chi connectivity index (χ2n) is 6.09. The van der Waals surface area contributed by atoms with Crippen molar-refractivity contribution in [1.29, 1.82) is 0 Å². The van der Waals surface area contributed by atoms with Crippen LogP contribution in [-0.4, -0.2) is 57.6 Å². The Balaban J connectivity index is 2.29. The lowest BCUT2D eigenvalue weighted by Gasteiger charge is -2.30. The minimum atomic E-state index is -4.60. The van der Waals surface area contributed by atoms with Crippen molar-refractivity contribution in [3.8, 4) is 0 Å². The Morgan fingerprint density at radius 2 is 1.65 bits per heavy atom. The van der Waals surface area contributed by atoms with Crippen LogP contribution in [0.2, 0.25) is 0 Å². The van der Waals surface area contributed by atoms with E-state index in [2.05, 4.69) is 9.05 Å². The molecule has 0 spiro atoms. The first-order valence-electron chi connectivity index (χ1n) is 8.32. The van der Waals surface area contributed by atoms with Crippen molar-refractivity contribution in [1.82, 2.24) is 0 Å². The third-order valence-electron chi connectivity index (χ3n) is 3.42. The molecule has 2 radical (unpaired) electrons. The molecule has 1 heterocycles. The first-order chi connectivity index (χ1) is 12.1. The van der Waals surface area contributed by atoms with Gasteiger partial charge in [-0.15, -0.1) is 0 Å². The highest BCUT2D eigenvalue weighted by molar-refractivity contribution is 7.46. The molecule has 0 amide bonds. The SMILES string of the molecule is [B]C1CC(OP(=O)([O-])OCCCOP(=O)([O-])OCCCO)C(C(C)C)O1. The van der Waals surface area contributed by atoms with E-state index in [0.717, 1.165) is 0 Å². The maximum atomic E-state index is 11.9. The molecule has 1 rings (SSSR count). The van der Waals surface area contributed by atoms with Gasteiger partial charge in [-0.1, -0.05) is 13.8 Å². The summed E-state index contributed by atoms with van der Waals surface area (Å²) in [5.41, 5.74) is 0. The maximum Gasteiger partial charge on any atom is 0.268 e. The second kappa shape index (κ2) is 11.3. The predicted octanol–water partition coefficient (Wildman–Crippen LogP) is 0.0702. The lowest BCUT2D eigenvalue weighted by atomic mass is 9.94. The smallest absolute Gasteiger partial charge is 0.268 e. The van der Waals surface area contributed by atoms with Crippen molar-refractivity contribution < 1.29 is 46.9 Å². The number of aliphatic hydroxyl groups excluding tert-OH is 1. The van der Waals surface area contributed by atoms with Crippen LogP contribution >= 0.6 is 15.6 Å². The fraction of sp³-hybridized carbons (Fsp3) is 1.00. The van der Waals surface area contributed by atoms with Gasteiger partial charge in [-0.05, 0) is 25.2 Å². The van der Waals surface area contributed by atoms with Crippen molar-refractivity contribution in [2.75, 3.05) is 26.4 Å². The standard InChI is InChI=1S/C13H27BO10P2/c1-10(2)13-11(9-12(14)23-13)24-26(18,19)22-8-4-7-21-25(16,17)20-6-3-5-15/h10-13,15H,3-9H2,1-2H3,(H,16,17)(H,18,19)/p-2. The summed E-state index contributed by atoms with van der Waals surface area (Å²) in [7, 11) is -3.41. The third kappa shape index (κ3) is 9.42. The summed E-state index contributed by atoms with van der Waals surface area (Å²) in [6, 6.07) is -0.599. The van der Waals surface area contributed by atoms with Crippen LogP contribution in [0.25, 0.3) is 0 Å². The average Bonchev–Trinajstić information content (AvgIpc) is 2.86. The fourth-order valence-electron chi connectivity index (χ4n) is 2.28. The van der Waals surface area contributed by atoms with Crippen LogP contribution < -0.4 is 9.79 Å². The zero-order chi connectivity index (χ0) is 19.8. The van der Waals surface area contributed by atoms with E-state index < -0.39 is 33.9 Å². The van der Waals surface area contributed by atoms with E-state index in [-0.39, 0.29) is 51.6 Å². The molecule has 1 saturated heterocycles. The Kier molecular flexibility index (Phi) is 10.5. The molecular formula is C13H25BO10P2-2. The molecule has 26 heavy (non-hydrogen) atoms. The highest BCUT2D eigenvalue weighted by atomic mass is 31.2. The van der Waals surface area contributed by atoms with Gasteiger partial charge in [0.2, 0.25) is 0 Å². The van der Waals surface area contributed by atoms with Crippen LogP contribution in [0, 0.1) is 5.92 Å². The first kappa shape index (κ1) is 24.2. The summed E-state index contributed by atoms with van der Waals surface area (Å²) in [6.07, 6.45) is -0.819. The summed E-state index contributed by atoms with van der Waals surface area (Å²) in [5, 5.41) is 8.54. The van der Waals surface area contributed by atoms with Crippen molar-refractivity contribution in [3.63, 3.8) is 0 Å². The topological polar surface area (TPSA) is 147 Å². The number of phosphoric ester groups is 2. The number of hydrogen-bond acceptors (Lipinski definition) is 10. The Bertz CT molecular complexity index is 505. The fourth-order valence-corrected chi connectivity index (χ4v) is 4.01.